The lowest BCUT2D eigenvalue weighted by Gasteiger charge is -2.17. The number of fused-ring (bicyclic) bond motifs is 1. The highest BCUT2D eigenvalue weighted by Crippen LogP contribution is 2.20. The number of nitrogens with zero attached hydrogens (tertiary/aromatic N) is 2. The zero-order valence-corrected chi connectivity index (χ0v) is 12.4. The Bertz CT molecular complexity index is 950. The van der Waals surface area contributed by atoms with Crippen LogP contribution in [0.4, 0.5) is 0 Å². The molecule has 0 radical (unpaired) electrons. The summed E-state index contributed by atoms with van der Waals surface area (Å²) in [4.78, 5) is 16.5. The highest BCUT2D eigenvalue weighted by Gasteiger charge is 2.23. The highest BCUT2D eigenvalue weighted by atomic mass is 16.4. The number of pyridine rings is 1. The van der Waals surface area contributed by atoms with Gasteiger partial charge in [-0.15, -0.1) is 0 Å². The van der Waals surface area contributed by atoms with E-state index < -0.39 is 23.4 Å². The van der Waals surface area contributed by atoms with Gasteiger partial charge in [0.05, 0.1) is 10.9 Å². The first-order valence-electron chi connectivity index (χ1n) is 7.11. The van der Waals surface area contributed by atoms with Gasteiger partial charge in [0, 0.05) is 12.4 Å². The summed E-state index contributed by atoms with van der Waals surface area (Å²) in [5, 5.41) is 30.5. The van der Waals surface area contributed by atoms with E-state index >= 15 is 0 Å². The van der Waals surface area contributed by atoms with Crippen molar-refractivity contribution in [1.29, 1.82) is 0 Å². The summed E-state index contributed by atoms with van der Waals surface area (Å²) in [6, 6.07) is 9.84. The summed E-state index contributed by atoms with van der Waals surface area (Å²) < 4.78 is 1.55. The Morgan fingerprint density at radius 2 is 1.87 bits per heavy atom. The van der Waals surface area contributed by atoms with Gasteiger partial charge in [-0.05, 0) is 18.6 Å². The standard InChI is InChI=1S/C17H16N2O4/c1-10-9-19-8-7-12(15(22)17(19)18-10)14(21)16(23)13(20)11-5-3-2-4-6-11/h2-9,13,16,20-21,23H,1H3/b14-12-/t13-,16+/m0/s1. The van der Waals surface area contributed by atoms with Crippen LogP contribution in [0.1, 0.15) is 17.4 Å². The Morgan fingerprint density at radius 1 is 1.17 bits per heavy atom. The van der Waals surface area contributed by atoms with E-state index in [9.17, 15) is 20.1 Å². The Labute approximate surface area is 131 Å². The fourth-order valence-corrected chi connectivity index (χ4v) is 2.49. The molecule has 0 amide bonds. The van der Waals surface area contributed by atoms with Crippen molar-refractivity contribution in [2.24, 2.45) is 0 Å². The molecular formula is C17H16N2O4. The molecule has 2 aromatic heterocycles. The number of aromatic nitrogens is 2. The largest absolute Gasteiger partial charge is 0.509 e. The molecule has 2 atom stereocenters. The molecule has 1 aromatic carbocycles. The van der Waals surface area contributed by atoms with Crippen molar-refractivity contribution in [2.45, 2.75) is 19.1 Å². The van der Waals surface area contributed by atoms with Crippen LogP contribution in [0.3, 0.4) is 0 Å². The molecule has 2 heterocycles. The molecule has 3 rings (SSSR count). The molecule has 0 aliphatic heterocycles. The number of benzene rings is 1. The van der Waals surface area contributed by atoms with Gasteiger partial charge in [-0.25, -0.2) is 4.98 Å². The molecule has 3 aromatic rings. The van der Waals surface area contributed by atoms with Crippen LogP contribution in [0.15, 0.2) is 53.6 Å². The third-order valence-electron chi connectivity index (χ3n) is 3.70. The van der Waals surface area contributed by atoms with Crippen LogP contribution >= 0.6 is 0 Å². The van der Waals surface area contributed by atoms with Crippen molar-refractivity contribution < 1.29 is 15.3 Å². The third kappa shape index (κ3) is 2.69. The van der Waals surface area contributed by atoms with E-state index in [0.717, 1.165) is 0 Å². The number of rotatable bonds is 3. The lowest BCUT2D eigenvalue weighted by Crippen LogP contribution is -2.34. The van der Waals surface area contributed by atoms with Gasteiger partial charge in [0.1, 0.15) is 18.0 Å². The van der Waals surface area contributed by atoms with E-state index in [-0.39, 0.29) is 10.9 Å². The van der Waals surface area contributed by atoms with Crippen molar-refractivity contribution in [1.82, 2.24) is 9.38 Å². The summed E-state index contributed by atoms with van der Waals surface area (Å²) in [5.41, 5.74) is 0.769. The van der Waals surface area contributed by atoms with Crippen molar-refractivity contribution in [2.75, 3.05) is 0 Å². The zero-order valence-electron chi connectivity index (χ0n) is 12.4. The third-order valence-corrected chi connectivity index (χ3v) is 3.70. The van der Waals surface area contributed by atoms with Gasteiger partial charge in [-0.2, -0.15) is 0 Å². The van der Waals surface area contributed by atoms with Gasteiger partial charge < -0.3 is 19.7 Å². The van der Waals surface area contributed by atoms with Gasteiger partial charge >= 0.3 is 0 Å². The van der Waals surface area contributed by atoms with Gasteiger partial charge in [-0.1, -0.05) is 30.3 Å². The SMILES string of the molecule is Cc1cn2cc/c(=C(/O)[C@H](O)[C@@H](O)c3ccccc3)c(=O)c2n1. The van der Waals surface area contributed by atoms with Crippen LogP contribution in [-0.4, -0.2) is 30.8 Å². The molecule has 0 fully saturated rings. The summed E-state index contributed by atoms with van der Waals surface area (Å²) in [5.74, 6) is -0.575. The number of aliphatic hydroxyl groups is 3. The van der Waals surface area contributed by atoms with Crippen LogP contribution in [0, 0.1) is 6.92 Å². The quantitative estimate of drug-likeness (QED) is 0.654. The minimum atomic E-state index is -1.61. The predicted molar refractivity (Wildman–Crippen MR) is 84.9 cm³/mol. The molecule has 6 nitrogen and oxygen atoms in total. The van der Waals surface area contributed by atoms with Crippen LogP contribution in [0.2, 0.25) is 0 Å². The molecule has 0 saturated heterocycles. The second kappa shape index (κ2) is 5.83. The average Bonchev–Trinajstić information content (AvgIpc) is 2.95. The van der Waals surface area contributed by atoms with Gasteiger partial charge in [-0.3, -0.25) is 4.79 Å². The number of hydrogen-bond donors (Lipinski definition) is 3. The molecule has 23 heavy (non-hydrogen) atoms. The van der Waals surface area contributed by atoms with E-state index in [4.69, 9.17) is 0 Å². The van der Waals surface area contributed by atoms with Gasteiger partial charge in [0.2, 0.25) is 5.43 Å². The molecule has 0 unspecified atom stereocenters. The van der Waals surface area contributed by atoms with Crippen molar-refractivity contribution in [3.8, 4) is 0 Å². The lowest BCUT2D eigenvalue weighted by molar-refractivity contribution is 0.0390. The van der Waals surface area contributed by atoms with E-state index in [1.54, 1.807) is 54.0 Å². The Morgan fingerprint density at radius 3 is 2.57 bits per heavy atom. The average molecular weight is 312 g/mol. The molecule has 118 valence electrons. The Balaban J connectivity index is 2.10. The Hall–Kier alpha value is -2.70. The van der Waals surface area contributed by atoms with Crippen molar-refractivity contribution >= 4 is 11.4 Å². The second-order valence-corrected chi connectivity index (χ2v) is 5.36. The lowest BCUT2D eigenvalue weighted by atomic mass is 10.0. The fourth-order valence-electron chi connectivity index (χ4n) is 2.49. The maximum absolute atomic E-state index is 12.4. The van der Waals surface area contributed by atoms with E-state index in [1.165, 1.54) is 6.07 Å². The number of imidazole rings is 1. The minimum absolute atomic E-state index is 0.0782. The molecule has 0 saturated carbocycles. The van der Waals surface area contributed by atoms with Crippen LogP contribution in [-0.2, 0) is 0 Å². The van der Waals surface area contributed by atoms with E-state index in [0.29, 0.717) is 11.3 Å². The minimum Gasteiger partial charge on any atom is -0.509 e. The van der Waals surface area contributed by atoms with Crippen LogP contribution < -0.4 is 10.6 Å². The molecule has 0 spiro atoms. The summed E-state index contributed by atoms with van der Waals surface area (Å²) >= 11 is 0. The molecule has 0 bridgehead atoms. The van der Waals surface area contributed by atoms with Crippen LogP contribution in [0.5, 0.6) is 0 Å². The normalized spacial score (nSPS) is 15.4. The molecule has 0 aliphatic rings. The first-order chi connectivity index (χ1) is 11.0. The number of aryl methyl sites for hydroxylation is 1. The van der Waals surface area contributed by atoms with Gasteiger partial charge in [0.25, 0.3) is 0 Å². The molecule has 0 aliphatic carbocycles. The Kier molecular flexibility index (Phi) is 3.85. The predicted octanol–water partition coefficient (Wildman–Crippen LogP) is 0.483. The first-order valence-corrected chi connectivity index (χ1v) is 7.11. The maximum Gasteiger partial charge on any atom is 0.232 e. The number of hydrogen-bond acceptors (Lipinski definition) is 5. The maximum atomic E-state index is 12.4. The number of aliphatic hydroxyl groups excluding tert-OH is 3. The fraction of sp³-hybridized carbons (Fsp3) is 0.176. The zero-order chi connectivity index (χ0) is 16.6. The molecule has 3 N–H and O–H groups in total. The topological polar surface area (TPSA) is 95.1 Å². The van der Waals surface area contributed by atoms with E-state index in [2.05, 4.69) is 4.98 Å². The monoisotopic (exact) mass is 312 g/mol. The van der Waals surface area contributed by atoms with E-state index in [1.807, 2.05) is 0 Å². The molecule has 6 heteroatoms. The summed E-state index contributed by atoms with van der Waals surface area (Å²) in [6.07, 6.45) is 0.313. The second-order valence-electron chi connectivity index (χ2n) is 5.36. The smallest absolute Gasteiger partial charge is 0.232 e. The van der Waals surface area contributed by atoms with Gasteiger partial charge in [0.15, 0.2) is 5.65 Å². The first kappa shape index (κ1) is 15.2. The van der Waals surface area contributed by atoms with Crippen LogP contribution in [0.25, 0.3) is 11.4 Å². The molecular weight excluding hydrogens is 296 g/mol. The highest BCUT2D eigenvalue weighted by molar-refractivity contribution is 5.48. The summed E-state index contributed by atoms with van der Waals surface area (Å²) in [7, 11) is 0. The van der Waals surface area contributed by atoms with Crippen molar-refractivity contribution in [3.63, 3.8) is 0 Å². The summed E-state index contributed by atoms with van der Waals surface area (Å²) in [6.45, 7) is 1.75. The van der Waals surface area contributed by atoms with Crippen molar-refractivity contribution in [3.05, 3.63) is 75.5 Å².